The molecule has 102 valence electrons. The first-order valence-corrected chi connectivity index (χ1v) is 6.26. The summed E-state index contributed by atoms with van der Waals surface area (Å²) in [5, 5.41) is 11.1. The standard InChI is InChI=1S/C14H12N2O4/c17-13(9-11-4-2-8-20-11)15-7-6-10-3-1-5-12(14(10)15)16(18)19/h1-5,8H,6-7,9H2. The molecule has 2 aromatic rings. The fraction of sp³-hybridized carbons (Fsp3) is 0.214. The Hall–Kier alpha value is -2.63. The minimum absolute atomic E-state index is 0.0206. The number of furan rings is 1. The molecule has 0 saturated heterocycles. The Balaban J connectivity index is 1.92. The Morgan fingerprint density at radius 1 is 1.35 bits per heavy atom. The molecule has 0 unspecified atom stereocenters. The first-order valence-electron chi connectivity index (χ1n) is 6.26. The van der Waals surface area contributed by atoms with E-state index in [1.54, 1.807) is 18.2 Å². The Morgan fingerprint density at radius 2 is 2.20 bits per heavy atom. The van der Waals surface area contributed by atoms with Gasteiger partial charge in [-0.1, -0.05) is 12.1 Å². The number of fused-ring (bicyclic) bond motifs is 1. The minimum Gasteiger partial charge on any atom is -0.469 e. The molecule has 3 rings (SSSR count). The van der Waals surface area contributed by atoms with Crippen LogP contribution < -0.4 is 4.90 Å². The summed E-state index contributed by atoms with van der Waals surface area (Å²) in [5.41, 5.74) is 1.24. The summed E-state index contributed by atoms with van der Waals surface area (Å²) in [4.78, 5) is 24.4. The molecule has 1 amide bonds. The lowest BCUT2D eigenvalue weighted by Crippen LogP contribution is -2.30. The molecule has 0 aliphatic carbocycles. The monoisotopic (exact) mass is 272 g/mol. The number of rotatable bonds is 3. The molecule has 0 saturated carbocycles. The van der Waals surface area contributed by atoms with Gasteiger partial charge in [0.25, 0.3) is 5.69 Å². The molecule has 1 aromatic carbocycles. The fourth-order valence-corrected chi connectivity index (χ4v) is 2.49. The van der Waals surface area contributed by atoms with Gasteiger partial charge in [-0.25, -0.2) is 0 Å². The van der Waals surface area contributed by atoms with Crippen LogP contribution in [0.5, 0.6) is 0 Å². The number of amides is 1. The molecule has 6 nitrogen and oxygen atoms in total. The molecule has 20 heavy (non-hydrogen) atoms. The highest BCUT2D eigenvalue weighted by Gasteiger charge is 2.31. The van der Waals surface area contributed by atoms with E-state index in [9.17, 15) is 14.9 Å². The van der Waals surface area contributed by atoms with Gasteiger partial charge in [0.2, 0.25) is 5.91 Å². The maximum atomic E-state index is 12.3. The van der Waals surface area contributed by atoms with Crippen LogP contribution in [0.4, 0.5) is 11.4 Å². The second-order valence-electron chi connectivity index (χ2n) is 4.59. The van der Waals surface area contributed by atoms with Gasteiger partial charge in [-0.2, -0.15) is 0 Å². The SMILES string of the molecule is O=C(Cc1ccco1)N1CCc2cccc([N+](=O)[O-])c21. The number of anilines is 1. The van der Waals surface area contributed by atoms with Crippen molar-refractivity contribution in [3.05, 3.63) is 58.0 Å². The summed E-state index contributed by atoms with van der Waals surface area (Å²) < 4.78 is 5.15. The molecule has 1 aliphatic rings. The van der Waals surface area contributed by atoms with Crippen LogP contribution in [0.2, 0.25) is 0 Å². The number of para-hydroxylation sites is 1. The van der Waals surface area contributed by atoms with Crippen molar-refractivity contribution in [2.45, 2.75) is 12.8 Å². The molecule has 6 heteroatoms. The maximum absolute atomic E-state index is 12.3. The van der Waals surface area contributed by atoms with Crippen LogP contribution in [0.25, 0.3) is 0 Å². The van der Waals surface area contributed by atoms with E-state index in [1.807, 2.05) is 6.07 Å². The molecule has 2 heterocycles. The highest BCUT2D eigenvalue weighted by molar-refractivity contribution is 5.98. The van der Waals surface area contributed by atoms with E-state index >= 15 is 0 Å². The average Bonchev–Trinajstić information content (AvgIpc) is 3.06. The van der Waals surface area contributed by atoms with Crippen LogP contribution >= 0.6 is 0 Å². The van der Waals surface area contributed by atoms with E-state index in [1.165, 1.54) is 17.2 Å². The van der Waals surface area contributed by atoms with Crippen molar-refractivity contribution in [3.8, 4) is 0 Å². The Kier molecular flexibility index (Phi) is 2.98. The second kappa shape index (κ2) is 4.80. The van der Waals surface area contributed by atoms with E-state index < -0.39 is 4.92 Å². The molecule has 0 N–H and O–H groups in total. The highest BCUT2D eigenvalue weighted by atomic mass is 16.6. The smallest absolute Gasteiger partial charge is 0.293 e. The van der Waals surface area contributed by atoms with Gasteiger partial charge in [0.15, 0.2) is 0 Å². The topological polar surface area (TPSA) is 76.6 Å². The van der Waals surface area contributed by atoms with Crippen molar-refractivity contribution in [2.75, 3.05) is 11.4 Å². The van der Waals surface area contributed by atoms with Crippen molar-refractivity contribution in [1.82, 2.24) is 0 Å². The van der Waals surface area contributed by atoms with Gasteiger partial charge in [0.05, 0.1) is 17.6 Å². The van der Waals surface area contributed by atoms with Crippen LogP contribution in [-0.2, 0) is 17.6 Å². The lowest BCUT2D eigenvalue weighted by Gasteiger charge is -2.16. The van der Waals surface area contributed by atoms with Gasteiger partial charge in [0, 0.05) is 12.6 Å². The van der Waals surface area contributed by atoms with Crippen LogP contribution in [0.3, 0.4) is 0 Å². The van der Waals surface area contributed by atoms with Crippen molar-refractivity contribution >= 4 is 17.3 Å². The van der Waals surface area contributed by atoms with Gasteiger partial charge in [-0.05, 0) is 24.1 Å². The normalized spacial score (nSPS) is 13.3. The van der Waals surface area contributed by atoms with Crippen LogP contribution in [0.15, 0.2) is 41.0 Å². The van der Waals surface area contributed by atoms with Gasteiger partial charge < -0.3 is 9.32 Å². The zero-order valence-corrected chi connectivity index (χ0v) is 10.6. The largest absolute Gasteiger partial charge is 0.469 e. The number of nitro groups is 1. The van der Waals surface area contributed by atoms with Crippen LogP contribution in [0, 0.1) is 10.1 Å². The number of nitro benzene ring substituents is 1. The third-order valence-corrected chi connectivity index (χ3v) is 3.38. The summed E-state index contributed by atoms with van der Waals surface area (Å²) in [6.07, 6.45) is 2.25. The van der Waals surface area contributed by atoms with Crippen molar-refractivity contribution < 1.29 is 14.1 Å². The number of hydrogen-bond donors (Lipinski definition) is 0. The van der Waals surface area contributed by atoms with E-state index in [0.29, 0.717) is 24.4 Å². The molecular weight excluding hydrogens is 260 g/mol. The number of carbonyl (C=O) groups excluding carboxylic acids is 1. The minimum atomic E-state index is -0.447. The van der Waals surface area contributed by atoms with Crippen LogP contribution in [0.1, 0.15) is 11.3 Å². The summed E-state index contributed by atoms with van der Waals surface area (Å²) in [6.45, 7) is 0.472. The van der Waals surface area contributed by atoms with E-state index in [4.69, 9.17) is 4.42 Å². The van der Waals surface area contributed by atoms with E-state index in [0.717, 1.165) is 5.56 Å². The molecular formula is C14H12N2O4. The van der Waals surface area contributed by atoms with Crippen molar-refractivity contribution in [3.63, 3.8) is 0 Å². The summed E-state index contributed by atoms with van der Waals surface area (Å²) in [6, 6.07) is 8.33. The zero-order valence-electron chi connectivity index (χ0n) is 10.6. The Labute approximate surface area is 114 Å². The Morgan fingerprint density at radius 3 is 2.90 bits per heavy atom. The first kappa shape index (κ1) is 12.4. The fourth-order valence-electron chi connectivity index (χ4n) is 2.49. The number of nitrogens with zero attached hydrogens (tertiary/aromatic N) is 2. The van der Waals surface area contributed by atoms with Crippen molar-refractivity contribution in [2.24, 2.45) is 0 Å². The molecule has 1 aliphatic heterocycles. The third-order valence-electron chi connectivity index (χ3n) is 3.38. The van der Waals surface area contributed by atoms with Crippen molar-refractivity contribution in [1.29, 1.82) is 0 Å². The maximum Gasteiger partial charge on any atom is 0.293 e. The summed E-state index contributed by atoms with van der Waals surface area (Å²) in [7, 11) is 0. The lowest BCUT2D eigenvalue weighted by molar-refractivity contribution is -0.384. The summed E-state index contributed by atoms with van der Waals surface area (Å²) in [5.74, 6) is 0.370. The quantitative estimate of drug-likeness (QED) is 0.634. The average molecular weight is 272 g/mol. The van der Waals surface area contributed by atoms with E-state index in [-0.39, 0.29) is 18.0 Å². The predicted molar refractivity (Wildman–Crippen MR) is 71.6 cm³/mol. The summed E-state index contributed by atoms with van der Waals surface area (Å²) >= 11 is 0. The molecule has 0 atom stereocenters. The van der Waals surface area contributed by atoms with Gasteiger partial charge in [-0.3, -0.25) is 14.9 Å². The Bertz CT molecular complexity index is 664. The van der Waals surface area contributed by atoms with Gasteiger partial charge in [-0.15, -0.1) is 0 Å². The van der Waals surface area contributed by atoms with Gasteiger partial charge >= 0.3 is 0 Å². The molecule has 0 radical (unpaired) electrons. The molecule has 0 bridgehead atoms. The predicted octanol–water partition coefficient (Wildman–Crippen LogP) is 2.32. The van der Waals surface area contributed by atoms with E-state index in [2.05, 4.69) is 0 Å². The number of hydrogen-bond acceptors (Lipinski definition) is 4. The van der Waals surface area contributed by atoms with Gasteiger partial charge in [0.1, 0.15) is 11.4 Å². The number of benzene rings is 1. The van der Waals surface area contributed by atoms with Crippen LogP contribution in [-0.4, -0.2) is 17.4 Å². The number of carbonyl (C=O) groups is 1. The zero-order chi connectivity index (χ0) is 14.1. The lowest BCUT2D eigenvalue weighted by atomic mass is 10.1. The molecule has 0 spiro atoms. The molecule has 1 aromatic heterocycles. The molecule has 0 fully saturated rings. The first-order chi connectivity index (χ1) is 9.66. The second-order valence-corrected chi connectivity index (χ2v) is 4.59. The third kappa shape index (κ3) is 2.05. The highest BCUT2D eigenvalue weighted by Crippen LogP contribution is 2.37.